The van der Waals surface area contributed by atoms with E-state index in [1.165, 1.54) is 0 Å². The molecule has 1 aliphatic heterocycles. The average molecular weight is 335 g/mol. The average Bonchev–Trinajstić information content (AvgIpc) is 2.90. The zero-order valence-corrected chi connectivity index (χ0v) is 13.5. The highest BCUT2D eigenvalue weighted by Gasteiger charge is 2.29. The Bertz CT molecular complexity index is 516. The highest BCUT2D eigenvalue weighted by Crippen LogP contribution is 2.30. The maximum absolute atomic E-state index is 12.3. The van der Waals surface area contributed by atoms with Gasteiger partial charge in [0.2, 0.25) is 0 Å². The van der Waals surface area contributed by atoms with Crippen LogP contribution in [0, 0.1) is 0 Å². The summed E-state index contributed by atoms with van der Waals surface area (Å²) in [6, 6.07) is 0. The van der Waals surface area contributed by atoms with Crippen LogP contribution in [0.3, 0.4) is 0 Å². The number of aromatic nitrogens is 2. The van der Waals surface area contributed by atoms with Gasteiger partial charge in [0, 0.05) is 19.5 Å². The van der Waals surface area contributed by atoms with Crippen LogP contribution in [0.25, 0.3) is 5.57 Å². The van der Waals surface area contributed by atoms with E-state index in [0.29, 0.717) is 18.0 Å². The van der Waals surface area contributed by atoms with Gasteiger partial charge in [-0.15, -0.1) is 4.37 Å². The third kappa shape index (κ3) is 4.95. The van der Waals surface area contributed by atoms with Gasteiger partial charge in [0.15, 0.2) is 0 Å². The quantitative estimate of drug-likeness (QED) is 0.793. The van der Waals surface area contributed by atoms with Gasteiger partial charge in [0.05, 0.1) is 11.7 Å². The van der Waals surface area contributed by atoms with Gasteiger partial charge in [-0.25, -0.2) is 0 Å². The summed E-state index contributed by atoms with van der Waals surface area (Å²) in [7, 11) is 2.02. The van der Waals surface area contributed by atoms with Crippen molar-refractivity contribution in [3.8, 4) is 5.88 Å². The van der Waals surface area contributed by atoms with Gasteiger partial charge in [0.1, 0.15) is 11.8 Å². The first-order valence-corrected chi connectivity index (χ1v) is 8.06. The van der Waals surface area contributed by atoms with E-state index >= 15 is 0 Å². The minimum atomic E-state index is -4.16. The summed E-state index contributed by atoms with van der Waals surface area (Å²) in [5, 5.41) is 0. The first kappa shape index (κ1) is 17.2. The summed E-state index contributed by atoms with van der Waals surface area (Å²) in [6.45, 7) is 3.55. The van der Waals surface area contributed by atoms with Crippen LogP contribution >= 0.6 is 11.7 Å². The van der Waals surface area contributed by atoms with Crippen molar-refractivity contribution in [3.63, 3.8) is 0 Å². The Kier molecular flexibility index (Phi) is 5.80. The molecule has 2 heterocycles. The maximum atomic E-state index is 12.3. The Morgan fingerprint density at radius 1 is 1.41 bits per heavy atom. The highest BCUT2D eigenvalue weighted by molar-refractivity contribution is 6.99. The summed E-state index contributed by atoms with van der Waals surface area (Å²) in [5.41, 5.74) is 1.70. The van der Waals surface area contributed by atoms with E-state index < -0.39 is 18.7 Å². The molecule has 124 valence electrons. The number of nitrogens with zero attached hydrogens (tertiary/aromatic N) is 3. The van der Waals surface area contributed by atoms with Crippen molar-refractivity contribution < 1.29 is 17.9 Å². The van der Waals surface area contributed by atoms with Gasteiger partial charge in [0.25, 0.3) is 5.88 Å². The van der Waals surface area contributed by atoms with Crippen LogP contribution in [0.15, 0.2) is 6.08 Å². The van der Waals surface area contributed by atoms with E-state index in [2.05, 4.69) is 19.7 Å². The van der Waals surface area contributed by atoms with Crippen molar-refractivity contribution in [2.75, 3.05) is 20.1 Å². The first-order valence-electron chi connectivity index (χ1n) is 7.33. The molecule has 8 heteroatoms. The monoisotopic (exact) mass is 335 g/mol. The van der Waals surface area contributed by atoms with E-state index in [4.69, 9.17) is 4.74 Å². The number of halogens is 3. The number of alkyl halides is 3. The van der Waals surface area contributed by atoms with Gasteiger partial charge >= 0.3 is 6.18 Å². The molecule has 22 heavy (non-hydrogen) atoms. The molecule has 0 radical (unpaired) electrons. The topological polar surface area (TPSA) is 38.3 Å². The summed E-state index contributed by atoms with van der Waals surface area (Å²) >= 11 is 1.03. The Balaban J connectivity index is 2.03. The zero-order valence-electron chi connectivity index (χ0n) is 12.7. The van der Waals surface area contributed by atoms with Crippen LogP contribution in [-0.2, 0) is 0 Å². The molecular weight excluding hydrogens is 315 g/mol. The van der Waals surface area contributed by atoms with E-state index in [9.17, 15) is 13.2 Å². The van der Waals surface area contributed by atoms with Gasteiger partial charge in [-0.3, -0.25) is 0 Å². The first-order chi connectivity index (χ1) is 10.4. The fourth-order valence-corrected chi connectivity index (χ4v) is 2.87. The van der Waals surface area contributed by atoms with Gasteiger partial charge < -0.3 is 9.64 Å². The second kappa shape index (κ2) is 7.41. The molecule has 2 rings (SSSR count). The number of likely N-dealkylation sites (N-methyl/N-ethyl adjacent to an activating group) is 1. The minimum absolute atomic E-state index is 0.0596. The lowest BCUT2D eigenvalue weighted by Gasteiger charge is -2.23. The standard InChI is InChI=1S/C14H20F3N3OS/c1-3-11(6-7-14(15,16)17)21-13-12(18-22-19-13)10-5-4-8-20(2)9-10/h5,11H,3-4,6-9H2,1-2H3. The van der Waals surface area contributed by atoms with Gasteiger partial charge in [-0.1, -0.05) is 13.0 Å². The Labute approximate surface area is 132 Å². The van der Waals surface area contributed by atoms with Crippen molar-refractivity contribution in [1.29, 1.82) is 0 Å². The predicted molar refractivity (Wildman–Crippen MR) is 80.0 cm³/mol. The SMILES string of the molecule is CCC(CCC(F)(F)F)Oc1nsnc1C1=CCCN(C)C1. The van der Waals surface area contributed by atoms with Gasteiger partial charge in [-0.2, -0.15) is 17.5 Å². The molecule has 1 unspecified atom stereocenters. The lowest BCUT2D eigenvalue weighted by Crippen LogP contribution is -2.25. The van der Waals surface area contributed by atoms with Crippen LogP contribution in [0.1, 0.15) is 38.3 Å². The molecule has 0 fully saturated rings. The molecule has 0 saturated heterocycles. The third-order valence-corrected chi connectivity index (χ3v) is 4.10. The van der Waals surface area contributed by atoms with Crippen LogP contribution in [0.4, 0.5) is 13.2 Å². The normalized spacial score (nSPS) is 18.1. The molecule has 0 aromatic carbocycles. The Morgan fingerprint density at radius 3 is 2.82 bits per heavy atom. The summed E-state index contributed by atoms with van der Waals surface area (Å²) in [4.78, 5) is 2.17. The smallest absolute Gasteiger partial charge is 0.389 e. The number of ether oxygens (including phenoxy) is 1. The molecular formula is C14H20F3N3OS. The molecule has 1 aliphatic rings. The van der Waals surface area contributed by atoms with Crippen LogP contribution in [0.2, 0.25) is 0 Å². The molecule has 4 nitrogen and oxygen atoms in total. The summed E-state index contributed by atoms with van der Waals surface area (Å²) < 4.78 is 51.1. The third-order valence-electron chi connectivity index (χ3n) is 3.59. The van der Waals surface area contributed by atoms with Crippen molar-refractivity contribution in [3.05, 3.63) is 11.8 Å². The van der Waals surface area contributed by atoms with Crippen molar-refractivity contribution in [2.24, 2.45) is 0 Å². The number of hydrogen-bond acceptors (Lipinski definition) is 5. The van der Waals surface area contributed by atoms with Crippen LogP contribution in [0.5, 0.6) is 5.88 Å². The maximum Gasteiger partial charge on any atom is 0.389 e. The molecule has 1 aromatic heterocycles. The fourth-order valence-electron chi connectivity index (χ4n) is 2.35. The largest absolute Gasteiger partial charge is 0.472 e. The molecule has 0 aliphatic carbocycles. The molecule has 1 atom stereocenters. The second-order valence-electron chi connectivity index (χ2n) is 5.48. The lowest BCUT2D eigenvalue weighted by molar-refractivity contribution is -0.139. The highest BCUT2D eigenvalue weighted by atomic mass is 32.1. The van der Waals surface area contributed by atoms with E-state index in [1.54, 1.807) is 0 Å². The van der Waals surface area contributed by atoms with E-state index in [0.717, 1.165) is 36.8 Å². The lowest BCUT2D eigenvalue weighted by atomic mass is 10.1. The molecule has 0 N–H and O–H groups in total. The van der Waals surface area contributed by atoms with Gasteiger partial charge in [-0.05, 0) is 31.9 Å². The van der Waals surface area contributed by atoms with Crippen molar-refractivity contribution in [1.82, 2.24) is 13.6 Å². The van der Waals surface area contributed by atoms with Crippen molar-refractivity contribution in [2.45, 2.75) is 44.9 Å². The second-order valence-corrected chi connectivity index (χ2v) is 6.00. The zero-order chi connectivity index (χ0) is 16.2. The van der Waals surface area contributed by atoms with Crippen LogP contribution in [-0.4, -0.2) is 46.1 Å². The molecule has 1 aromatic rings. The van der Waals surface area contributed by atoms with E-state index in [1.807, 2.05) is 14.0 Å². The number of rotatable bonds is 6. The Hall–Kier alpha value is -1.15. The molecule has 0 amide bonds. The summed E-state index contributed by atoms with van der Waals surface area (Å²) in [6.07, 6.45) is -2.03. The number of hydrogen-bond donors (Lipinski definition) is 0. The molecule has 0 spiro atoms. The minimum Gasteiger partial charge on any atom is -0.472 e. The fraction of sp³-hybridized carbons (Fsp3) is 0.714. The molecule has 0 bridgehead atoms. The summed E-state index contributed by atoms with van der Waals surface area (Å²) in [5.74, 6) is 0.362. The molecule has 0 saturated carbocycles. The predicted octanol–water partition coefficient (Wildman–Crippen LogP) is 3.76. The van der Waals surface area contributed by atoms with Crippen molar-refractivity contribution >= 4 is 17.3 Å². The van der Waals surface area contributed by atoms with E-state index in [-0.39, 0.29) is 6.42 Å². The van der Waals surface area contributed by atoms with Crippen LogP contribution < -0.4 is 4.74 Å². The Morgan fingerprint density at radius 2 is 2.18 bits per heavy atom.